The number of sulfonamides is 1. The van der Waals surface area contributed by atoms with E-state index in [1.807, 2.05) is 20.8 Å². The highest BCUT2D eigenvalue weighted by Gasteiger charge is 2.31. The number of nitrogens with zero attached hydrogens (tertiary/aromatic N) is 1. The van der Waals surface area contributed by atoms with Gasteiger partial charge in [0.2, 0.25) is 10.0 Å². The van der Waals surface area contributed by atoms with Crippen molar-refractivity contribution >= 4 is 21.6 Å². The number of piperidine rings is 1. The molecule has 1 fully saturated rings. The van der Waals surface area contributed by atoms with Gasteiger partial charge < -0.3 is 0 Å². The minimum atomic E-state index is -3.13. The van der Waals surface area contributed by atoms with Gasteiger partial charge in [0, 0.05) is 18.5 Å². The van der Waals surface area contributed by atoms with Crippen LogP contribution in [0.1, 0.15) is 33.6 Å². The minimum Gasteiger partial charge on any atom is -0.212 e. The molecule has 1 atom stereocenters. The van der Waals surface area contributed by atoms with Gasteiger partial charge in [-0.2, -0.15) is 0 Å². The number of hydrogen-bond acceptors (Lipinski definition) is 2. The molecule has 15 heavy (non-hydrogen) atoms. The van der Waals surface area contributed by atoms with E-state index >= 15 is 0 Å². The van der Waals surface area contributed by atoms with Gasteiger partial charge in [-0.15, -0.1) is 11.6 Å². The van der Waals surface area contributed by atoms with Gasteiger partial charge in [0.1, 0.15) is 0 Å². The average Bonchev–Trinajstić information content (AvgIpc) is 1.99. The zero-order valence-corrected chi connectivity index (χ0v) is 11.2. The molecule has 0 amide bonds. The van der Waals surface area contributed by atoms with Crippen LogP contribution in [0.4, 0.5) is 0 Å². The Balaban J connectivity index is 2.69. The molecule has 0 N–H and O–H groups in total. The summed E-state index contributed by atoms with van der Waals surface area (Å²) in [6.07, 6.45) is 1.79. The maximum absolute atomic E-state index is 12.0. The van der Waals surface area contributed by atoms with Crippen LogP contribution in [0, 0.1) is 5.41 Å². The number of alkyl halides is 1. The molecule has 1 unspecified atom stereocenters. The lowest BCUT2D eigenvalue weighted by Crippen LogP contribution is -2.43. The first-order valence-electron chi connectivity index (χ1n) is 5.33. The Kier molecular flexibility index (Phi) is 4.07. The van der Waals surface area contributed by atoms with Crippen molar-refractivity contribution in [1.29, 1.82) is 0 Å². The van der Waals surface area contributed by atoms with Gasteiger partial charge in [0.05, 0.1) is 5.75 Å². The fourth-order valence-corrected chi connectivity index (χ4v) is 4.28. The summed E-state index contributed by atoms with van der Waals surface area (Å²) in [4.78, 5) is 0. The Labute approximate surface area is 97.8 Å². The van der Waals surface area contributed by atoms with Gasteiger partial charge in [0.25, 0.3) is 0 Å². The molecule has 0 aliphatic carbocycles. The number of rotatable bonds is 2. The van der Waals surface area contributed by atoms with Crippen LogP contribution < -0.4 is 0 Å². The molecule has 0 bridgehead atoms. The van der Waals surface area contributed by atoms with Gasteiger partial charge in [-0.3, -0.25) is 0 Å². The van der Waals surface area contributed by atoms with Crippen LogP contribution in [0.15, 0.2) is 0 Å². The third-order valence-electron chi connectivity index (χ3n) is 2.34. The SMILES string of the molecule is CC(C)(C)CS(=O)(=O)N1CCCC(Cl)C1. The molecule has 90 valence electrons. The van der Waals surface area contributed by atoms with Crippen LogP contribution in [0.2, 0.25) is 0 Å². The number of halogens is 1. The van der Waals surface area contributed by atoms with Crippen molar-refractivity contribution in [2.45, 2.75) is 39.0 Å². The Morgan fingerprint density at radius 3 is 2.47 bits per heavy atom. The Morgan fingerprint density at radius 2 is 2.00 bits per heavy atom. The molecular formula is C10H20ClNO2S. The molecule has 3 nitrogen and oxygen atoms in total. The lowest BCUT2D eigenvalue weighted by molar-refractivity contribution is 0.340. The maximum Gasteiger partial charge on any atom is 0.214 e. The molecule has 0 saturated carbocycles. The minimum absolute atomic E-state index is 0.0199. The topological polar surface area (TPSA) is 37.4 Å². The summed E-state index contributed by atoms with van der Waals surface area (Å²) in [5.41, 5.74) is -0.196. The molecule has 0 aromatic heterocycles. The lowest BCUT2D eigenvalue weighted by Gasteiger charge is -2.31. The van der Waals surface area contributed by atoms with Crippen molar-refractivity contribution in [3.63, 3.8) is 0 Å². The molecule has 1 heterocycles. The van der Waals surface area contributed by atoms with E-state index in [0.29, 0.717) is 13.1 Å². The maximum atomic E-state index is 12.0. The number of hydrogen-bond donors (Lipinski definition) is 0. The van der Waals surface area contributed by atoms with E-state index in [0.717, 1.165) is 12.8 Å². The molecule has 1 rings (SSSR count). The molecule has 1 aliphatic rings. The Hall–Kier alpha value is 0.200. The van der Waals surface area contributed by atoms with E-state index < -0.39 is 10.0 Å². The Morgan fingerprint density at radius 1 is 1.40 bits per heavy atom. The quantitative estimate of drug-likeness (QED) is 0.707. The van der Waals surface area contributed by atoms with Crippen molar-refractivity contribution in [2.24, 2.45) is 5.41 Å². The summed E-state index contributed by atoms with van der Waals surface area (Å²) in [5.74, 6) is 0.198. The zero-order chi connectivity index (χ0) is 11.7. The van der Waals surface area contributed by atoms with Crippen molar-refractivity contribution in [3.05, 3.63) is 0 Å². The van der Waals surface area contributed by atoms with Crippen LogP contribution in [-0.4, -0.2) is 36.9 Å². The summed E-state index contributed by atoms with van der Waals surface area (Å²) in [7, 11) is -3.13. The van der Waals surface area contributed by atoms with E-state index in [1.54, 1.807) is 4.31 Å². The second-order valence-corrected chi connectivity index (χ2v) is 8.00. The van der Waals surface area contributed by atoms with Crippen LogP contribution in [-0.2, 0) is 10.0 Å². The first-order chi connectivity index (χ1) is 6.71. The van der Waals surface area contributed by atoms with Crippen LogP contribution in [0.5, 0.6) is 0 Å². The Bertz CT molecular complexity index is 308. The van der Waals surface area contributed by atoms with Crippen molar-refractivity contribution in [3.8, 4) is 0 Å². The highest BCUT2D eigenvalue weighted by molar-refractivity contribution is 7.89. The van der Waals surface area contributed by atoms with E-state index in [1.165, 1.54) is 0 Å². The van der Waals surface area contributed by atoms with Crippen molar-refractivity contribution < 1.29 is 8.42 Å². The van der Waals surface area contributed by atoms with Crippen molar-refractivity contribution in [1.82, 2.24) is 4.31 Å². The summed E-state index contributed by atoms with van der Waals surface area (Å²) >= 11 is 5.98. The lowest BCUT2D eigenvalue weighted by atomic mass is 10.0. The van der Waals surface area contributed by atoms with Crippen LogP contribution >= 0.6 is 11.6 Å². The van der Waals surface area contributed by atoms with E-state index in [4.69, 9.17) is 11.6 Å². The third-order valence-corrected chi connectivity index (χ3v) is 5.04. The molecule has 0 aromatic rings. The first kappa shape index (κ1) is 13.3. The summed E-state index contributed by atoms with van der Waals surface area (Å²) < 4.78 is 25.6. The summed E-state index contributed by atoms with van der Waals surface area (Å²) in [6, 6.07) is 0. The fraction of sp³-hybridized carbons (Fsp3) is 1.00. The zero-order valence-electron chi connectivity index (χ0n) is 9.66. The molecule has 5 heteroatoms. The van der Waals surface area contributed by atoms with E-state index in [2.05, 4.69) is 0 Å². The second-order valence-electron chi connectivity index (χ2n) is 5.41. The highest BCUT2D eigenvalue weighted by Crippen LogP contribution is 2.23. The summed E-state index contributed by atoms with van der Waals surface area (Å²) in [5, 5.41) is -0.0199. The van der Waals surface area contributed by atoms with Gasteiger partial charge in [0.15, 0.2) is 0 Å². The van der Waals surface area contributed by atoms with E-state index in [-0.39, 0.29) is 16.5 Å². The second kappa shape index (κ2) is 4.60. The average molecular weight is 254 g/mol. The molecular weight excluding hydrogens is 234 g/mol. The standard InChI is InChI=1S/C10H20ClNO2S/c1-10(2,3)8-15(13,14)12-6-4-5-9(11)7-12/h9H,4-8H2,1-3H3. The smallest absolute Gasteiger partial charge is 0.212 e. The molecule has 0 aromatic carbocycles. The molecule has 1 saturated heterocycles. The van der Waals surface area contributed by atoms with Crippen LogP contribution in [0.3, 0.4) is 0 Å². The normalized spacial score (nSPS) is 25.5. The van der Waals surface area contributed by atoms with Gasteiger partial charge in [-0.25, -0.2) is 12.7 Å². The molecule has 1 aliphatic heterocycles. The van der Waals surface area contributed by atoms with Gasteiger partial charge in [-0.1, -0.05) is 20.8 Å². The molecule has 0 radical (unpaired) electrons. The third kappa shape index (κ3) is 4.29. The van der Waals surface area contributed by atoms with E-state index in [9.17, 15) is 8.42 Å². The predicted molar refractivity (Wildman–Crippen MR) is 63.7 cm³/mol. The van der Waals surface area contributed by atoms with Gasteiger partial charge in [-0.05, 0) is 18.3 Å². The first-order valence-corrected chi connectivity index (χ1v) is 7.37. The predicted octanol–water partition coefficient (Wildman–Crippen LogP) is 2.07. The van der Waals surface area contributed by atoms with Gasteiger partial charge >= 0.3 is 0 Å². The largest absolute Gasteiger partial charge is 0.214 e. The fourth-order valence-electron chi connectivity index (χ4n) is 1.78. The monoisotopic (exact) mass is 253 g/mol. The highest BCUT2D eigenvalue weighted by atomic mass is 35.5. The summed E-state index contributed by atoms with van der Waals surface area (Å²) in [6.45, 7) is 6.91. The molecule has 0 spiro atoms. The van der Waals surface area contributed by atoms with Crippen molar-refractivity contribution in [2.75, 3.05) is 18.8 Å². The van der Waals surface area contributed by atoms with Crippen LogP contribution in [0.25, 0.3) is 0 Å².